The van der Waals surface area contributed by atoms with Crippen molar-refractivity contribution in [2.75, 3.05) is 51.7 Å². The van der Waals surface area contributed by atoms with Crippen LogP contribution in [0.3, 0.4) is 0 Å². The van der Waals surface area contributed by atoms with Gasteiger partial charge in [-0.05, 0) is 25.1 Å². The summed E-state index contributed by atoms with van der Waals surface area (Å²) in [7, 11) is 1.97. The second-order valence-electron chi connectivity index (χ2n) is 8.66. The Balaban J connectivity index is 1.48. The number of anilines is 1. The van der Waals surface area contributed by atoms with Crippen molar-refractivity contribution in [3.8, 4) is 0 Å². The van der Waals surface area contributed by atoms with Crippen LogP contribution in [0.25, 0.3) is 0 Å². The fraction of sp³-hybridized carbons (Fsp3) is 0.591. The van der Waals surface area contributed by atoms with E-state index in [1.165, 1.54) is 0 Å². The maximum absolute atomic E-state index is 12.6. The van der Waals surface area contributed by atoms with Gasteiger partial charge in [0.1, 0.15) is 30.5 Å². The largest absolute Gasteiger partial charge is 0.369 e. The predicted molar refractivity (Wildman–Crippen MR) is 137 cm³/mol. The van der Waals surface area contributed by atoms with Crippen LogP contribution in [-0.4, -0.2) is 97.1 Å². The Labute approximate surface area is 210 Å². The van der Waals surface area contributed by atoms with Crippen LogP contribution in [0.15, 0.2) is 28.3 Å². The Hall–Kier alpha value is -3.33. The van der Waals surface area contributed by atoms with Gasteiger partial charge in [-0.1, -0.05) is 19.4 Å². The summed E-state index contributed by atoms with van der Waals surface area (Å²) in [4.78, 5) is 45.4. The average molecular weight is 504 g/mol. The Bertz CT molecular complexity index is 938. The number of amides is 3. The molecule has 36 heavy (non-hydrogen) atoms. The first kappa shape index (κ1) is 27.3. The van der Waals surface area contributed by atoms with Crippen molar-refractivity contribution in [3.05, 3.63) is 23.9 Å². The molecule has 0 saturated carbocycles. The number of carbonyl (C=O) groups is 2. The number of hydrogen-bond donors (Lipinski definition) is 6. The fourth-order valence-corrected chi connectivity index (χ4v) is 3.68. The average Bonchev–Trinajstić information content (AvgIpc) is 3.16. The number of hydrogen-bond acceptors (Lipinski definition) is 9. The van der Waals surface area contributed by atoms with E-state index in [0.29, 0.717) is 44.5 Å². The number of fused-ring (bicyclic) bond motifs is 1. The molecule has 2 atom stereocenters. The Morgan fingerprint density at radius 3 is 2.83 bits per heavy atom. The first-order valence-electron chi connectivity index (χ1n) is 12.1. The minimum Gasteiger partial charge on any atom is -0.369 e. The van der Waals surface area contributed by atoms with Crippen LogP contribution in [-0.2, 0) is 16.2 Å². The topological polar surface area (TPSA) is 188 Å². The number of aliphatic imine (C=N–C) groups is 2. The Morgan fingerprint density at radius 1 is 1.31 bits per heavy atom. The third-order valence-electron chi connectivity index (χ3n) is 5.72. The lowest BCUT2D eigenvalue weighted by Gasteiger charge is -2.27. The summed E-state index contributed by atoms with van der Waals surface area (Å²) >= 11 is 0. The van der Waals surface area contributed by atoms with E-state index in [1.807, 2.05) is 19.2 Å². The summed E-state index contributed by atoms with van der Waals surface area (Å²) in [5.41, 5.74) is 7.07. The van der Waals surface area contributed by atoms with Crippen molar-refractivity contribution < 1.29 is 14.4 Å². The van der Waals surface area contributed by atoms with Crippen LogP contribution in [0, 0.1) is 0 Å². The summed E-state index contributed by atoms with van der Waals surface area (Å²) in [5.74, 6) is 6.38. The van der Waals surface area contributed by atoms with Gasteiger partial charge < -0.3 is 31.9 Å². The first-order valence-corrected chi connectivity index (χ1v) is 12.1. The van der Waals surface area contributed by atoms with Crippen molar-refractivity contribution in [1.82, 2.24) is 30.7 Å². The van der Waals surface area contributed by atoms with E-state index in [9.17, 15) is 9.59 Å². The number of likely N-dealkylation sites (N-methyl/N-ethyl adjacent to an activating group) is 1. The van der Waals surface area contributed by atoms with E-state index >= 15 is 0 Å². The van der Waals surface area contributed by atoms with Gasteiger partial charge >= 0.3 is 6.03 Å². The van der Waals surface area contributed by atoms with Crippen LogP contribution in [0.1, 0.15) is 25.3 Å². The summed E-state index contributed by atoms with van der Waals surface area (Å²) in [6.07, 6.45) is 3.24. The van der Waals surface area contributed by atoms with Crippen LogP contribution in [0.5, 0.6) is 0 Å². The van der Waals surface area contributed by atoms with Crippen LogP contribution in [0.4, 0.5) is 10.6 Å². The van der Waals surface area contributed by atoms with Gasteiger partial charge in [0.25, 0.3) is 0 Å². The van der Waals surface area contributed by atoms with Crippen molar-refractivity contribution >= 4 is 29.6 Å². The summed E-state index contributed by atoms with van der Waals surface area (Å²) in [5, 5.41) is 11.9. The number of urea groups is 1. The van der Waals surface area contributed by atoms with E-state index in [4.69, 9.17) is 11.6 Å². The molecule has 0 spiro atoms. The number of carbonyl (C=O) groups excluding carboxylic acids is 2. The van der Waals surface area contributed by atoms with Crippen molar-refractivity contribution in [2.24, 2.45) is 21.6 Å². The Kier molecular flexibility index (Phi) is 10.4. The lowest BCUT2D eigenvalue weighted by Crippen LogP contribution is -2.59. The molecule has 1 saturated heterocycles. The molecule has 14 nitrogen and oxygen atoms in total. The quantitative estimate of drug-likeness (QED) is 0.133. The van der Waals surface area contributed by atoms with E-state index in [-0.39, 0.29) is 18.5 Å². The van der Waals surface area contributed by atoms with Gasteiger partial charge in [-0.15, -0.1) is 0 Å². The number of unbranched alkanes of at least 4 members (excludes halogenated alkanes) is 1. The van der Waals surface area contributed by atoms with Gasteiger partial charge in [0.15, 0.2) is 0 Å². The van der Waals surface area contributed by atoms with Crippen LogP contribution < -0.4 is 32.9 Å². The maximum atomic E-state index is 12.6. The second-order valence-corrected chi connectivity index (χ2v) is 8.66. The zero-order chi connectivity index (χ0) is 25.9. The lowest BCUT2D eigenvalue weighted by molar-refractivity contribution is -0.125. The molecule has 3 amide bonds. The number of rotatable bonds is 14. The molecule has 3 heterocycles. The third-order valence-corrected chi connectivity index (χ3v) is 5.72. The molecule has 0 aromatic carbocycles. The number of nitrogens with one attached hydrogen (secondary N) is 4. The van der Waals surface area contributed by atoms with Gasteiger partial charge in [0.2, 0.25) is 11.9 Å². The summed E-state index contributed by atoms with van der Waals surface area (Å²) in [6, 6.07) is 3.15. The fourth-order valence-electron chi connectivity index (χ4n) is 3.68. The normalized spacial score (nSPS) is 20.1. The van der Waals surface area contributed by atoms with E-state index in [1.54, 1.807) is 11.1 Å². The molecule has 2 aliphatic heterocycles. The highest BCUT2D eigenvalue weighted by Gasteiger charge is 2.42. The number of nitrogens with two attached hydrogens (primary N) is 2. The number of nitrogens with zero attached hydrogens (tertiary/aromatic N) is 5. The predicted octanol–water partition coefficient (Wildman–Crippen LogP) is -1.23. The van der Waals surface area contributed by atoms with Gasteiger partial charge in [-0.2, -0.15) is 4.99 Å². The summed E-state index contributed by atoms with van der Waals surface area (Å²) in [6.45, 7) is 5.58. The second kappa shape index (κ2) is 13.7. The van der Waals surface area contributed by atoms with Gasteiger partial charge in [-0.3, -0.25) is 19.5 Å². The number of pyridine rings is 1. The molecule has 0 radical (unpaired) electrons. The number of aromatic nitrogens is 1. The molecule has 0 aliphatic carbocycles. The molecule has 1 aromatic rings. The van der Waals surface area contributed by atoms with E-state index in [0.717, 1.165) is 30.8 Å². The number of guanidine groups is 1. The summed E-state index contributed by atoms with van der Waals surface area (Å²) < 4.78 is 0. The molecule has 2 aliphatic rings. The Morgan fingerprint density at radius 2 is 2.11 bits per heavy atom. The highest BCUT2D eigenvalue weighted by Crippen LogP contribution is 2.17. The third kappa shape index (κ3) is 7.84. The van der Waals surface area contributed by atoms with Crippen molar-refractivity contribution in [3.63, 3.8) is 0 Å². The first-order chi connectivity index (χ1) is 17.4. The molecule has 14 heteroatoms. The molecule has 2 unspecified atom stereocenters. The smallest absolute Gasteiger partial charge is 0.323 e. The number of amidine groups is 1. The molecule has 0 bridgehead atoms. The van der Waals surface area contributed by atoms with Gasteiger partial charge in [0, 0.05) is 38.9 Å². The molecular weight excluding hydrogens is 466 g/mol. The highest BCUT2D eigenvalue weighted by molar-refractivity contribution is 6.12. The molecular formula is C22H37N11O3. The molecule has 198 valence electrons. The minimum atomic E-state index is -0.495. The zero-order valence-corrected chi connectivity index (χ0v) is 20.9. The van der Waals surface area contributed by atoms with Crippen molar-refractivity contribution in [1.29, 1.82) is 0 Å². The standard InChI is InChI=1S/C22H37N11O3/c1-3-4-7-27-21-30-19(23)18-20(31-21)33(22(35)29-18)13-15-5-6-16(28-12-15)25-8-10-32(2)11-9-26-17(34)14-36-24/h5-6,12,18-19H,3-4,7-11,13-14,23-24H2,1-2H3,(H,25,28)(H,26,34)(H,27,30)(H,29,35). The SMILES string of the molecule is CCCCN=C1N=C2C(NC(=O)N2Cc2ccc(NCCN(C)CCNC(=O)CON)nc2)C(N)N1. The maximum Gasteiger partial charge on any atom is 0.323 e. The molecule has 8 N–H and O–H groups in total. The molecule has 1 aromatic heterocycles. The van der Waals surface area contributed by atoms with E-state index < -0.39 is 12.2 Å². The minimum absolute atomic E-state index is 0.150. The van der Waals surface area contributed by atoms with E-state index in [2.05, 4.69) is 52.9 Å². The molecule has 3 rings (SSSR count). The lowest BCUT2D eigenvalue weighted by atomic mass is 10.2. The van der Waals surface area contributed by atoms with Crippen LogP contribution >= 0.6 is 0 Å². The van der Waals surface area contributed by atoms with Gasteiger partial charge in [-0.25, -0.2) is 15.7 Å². The zero-order valence-electron chi connectivity index (χ0n) is 20.9. The van der Waals surface area contributed by atoms with Crippen LogP contribution in [0.2, 0.25) is 0 Å². The highest BCUT2D eigenvalue weighted by atomic mass is 16.6. The molecule has 1 fully saturated rings. The van der Waals surface area contributed by atoms with Crippen molar-refractivity contribution in [2.45, 2.75) is 38.5 Å². The monoisotopic (exact) mass is 503 g/mol. The van der Waals surface area contributed by atoms with Gasteiger partial charge in [0.05, 0.1) is 6.54 Å².